The summed E-state index contributed by atoms with van der Waals surface area (Å²) >= 11 is 1.42. The van der Waals surface area contributed by atoms with Gasteiger partial charge in [-0.1, -0.05) is 0 Å². The van der Waals surface area contributed by atoms with Gasteiger partial charge in [-0.15, -0.1) is 5.10 Å². The van der Waals surface area contributed by atoms with Crippen LogP contribution in [0.15, 0.2) is 58.7 Å². The molecule has 2 saturated heterocycles. The van der Waals surface area contributed by atoms with E-state index < -0.39 is 6.10 Å². The highest BCUT2D eigenvalue weighted by molar-refractivity contribution is 7.99. The van der Waals surface area contributed by atoms with Crippen LogP contribution in [0.2, 0.25) is 0 Å². The first-order chi connectivity index (χ1) is 19.0. The molecule has 39 heavy (non-hydrogen) atoms. The number of carbonyl (C=O) groups excluding carboxylic acids is 1. The number of nitrogens with one attached hydrogen (secondary N) is 3. The van der Waals surface area contributed by atoms with E-state index in [9.17, 15) is 9.90 Å². The van der Waals surface area contributed by atoms with Crippen molar-refractivity contribution in [3.63, 3.8) is 0 Å². The molecule has 5 heterocycles. The molecule has 2 fully saturated rings. The van der Waals surface area contributed by atoms with Crippen LogP contribution in [0.5, 0.6) is 0 Å². The molecule has 3 atom stereocenters. The zero-order chi connectivity index (χ0) is 26.8. The summed E-state index contributed by atoms with van der Waals surface area (Å²) in [6.45, 7) is 4.30. The van der Waals surface area contributed by atoms with Crippen LogP contribution in [0.1, 0.15) is 12.1 Å². The Balaban J connectivity index is 1.05. The Bertz CT molecular complexity index is 1440. The van der Waals surface area contributed by atoms with E-state index in [-0.39, 0.29) is 24.7 Å². The van der Waals surface area contributed by atoms with Gasteiger partial charge in [0.15, 0.2) is 11.6 Å². The van der Waals surface area contributed by atoms with E-state index in [2.05, 4.69) is 25.9 Å². The fourth-order valence-corrected chi connectivity index (χ4v) is 5.48. The zero-order valence-electron chi connectivity index (χ0n) is 21.4. The van der Waals surface area contributed by atoms with E-state index >= 15 is 0 Å². The van der Waals surface area contributed by atoms with E-state index in [0.29, 0.717) is 48.8 Å². The molecule has 0 bridgehead atoms. The van der Waals surface area contributed by atoms with Crippen molar-refractivity contribution < 1.29 is 19.4 Å². The monoisotopic (exact) mass is 550 g/mol. The summed E-state index contributed by atoms with van der Waals surface area (Å²) < 4.78 is 13.1. The smallest absolute Gasteiger partial charge is 0.238 e. The number of anilines is 3. The number of aryl methyl sites for hydroxylation is 1. The Morgan fingerprint density at radius 1 is 1.28 bits per heavy atom. The number of hydrogen-bond acceptors (Lipinski definition) is 10. The third-order valence-corrected chi connectivity index (χ3v) is 7.47. The molecule has 0 aliphatic carbocycles. The fourth-order valence-electron chi connectivity index (χ4n) is 4.73. The Hall–Kier alpha value is -3.49. The Kier molecular flexibility index (Phi) is 7.48. The summed E-state index contributed by atoms with van der Waals surface area (Å²) in [7, 11) is 0. The Labute approximate surface area is 229 Å². The average Bonchev–Trinajstić information content (AvgIpc) is 3.71. The standard InChI is InChI=1S/C26H30N8O4S/c1-16-11-23(31-30-16)28-25-20-3-2-9-34(20)32-26(29-25)39-19-6-4-17(5-7-19)27-24(36)14-33-12-21(35)22(13-33)38-18-8-10-37-15-18/h2-7,9,11,18,21-22,35H,8,10,12-15H2,1H3,(H,27,36)(H2,28,29,30,31,32)/t18?,21-,22-/m0/s1. The number of benzene rings is 1. The first kappa shape index (κ1) is 25.8. The number of aliphatic hydroxyl groups excluding tert-OH is 1. The summed E-state index contributed by atoms with van der Waals surface area (Å²) in [6.07, 6.45) is 1.83. The van der Waals surface area contributed by atoms with Crippen LogP contribution >= 0.6 is 11.8 Å². The van der Waals surface area contributed by atoms with E-state index in [1.807, 2.05) is 60.5 Å². The van der Waals surface area contributed by atoms with Crippen LogP contribution in [-0.4, -0.2) is 91.9 Å². The molecule has 204 valence electrons. The summed E-state index contributed by atoms with van der Waals surface area (Å²) in [5.74, 6) is 1.20. The van der Waals surface area contributed by atoms with Crippen LogP contribution in [0.25, 0.3) is 5.52 Å². The van der Waals surface area contributed by atoms with Gasteiger partial charge in [-0.05, 0) is 61.5 Å². The third-order valence-electron chi connectivity index (χ3n) is 6.61. The molecule has 1 unspecified atom stereocenters. The maximum absolute atomic E-state index is 12.7. The van der Waals surface area contributed by atoms with Gasteiger partial charge in [-0.3, -0.25) is 14.8 Å². The highest BCUT2D eigenvalue weighted by Crippen LogP contribution is 2.29. The minimum atomic E-state index is -0.609. The number of hydrogen-bond donors (Lipinski definition) is 4. The summed E-state index contributed by atoms with van der Waals surface area (Å²) in [5.41, 5.74) is 2.48. The van der Waals surface area contributed by atoms with Crippen LogP contribution < -0.4 is 10.6 Å². The lowest BCUT2D eigenvalue weighted by molar-refractivity contribution is -0.117. The summed E-state index contributed by atoms with van der Waals surface area (Å²) in [4.78, 5) is 20.2. The number of aromatic amines is 1. The topological polar surface area (TPSA) is 142 Å². The lowest BCUT2D eigenvalue weighted by atomic mass is 10.2. The normalized spacial score (nSPS) is 21.5. The van der Waals surface area contributed by atoms with E-state index in [4.69, 9.17) is 14.5 Å². The number of aliphatic hydroxyl groups is 1. The summed E-state index contributed by atoms with van der Waals surface area (Å²) in [6, 6.07) is 13.3. The van der Waals surface area contributed by atoms with Crippen molar-refractivity contribution in [2.24, 2.45) is 0 Å². The predicted octanol–water partition coefficient (Wildman–Crippen LogP) is 2.44. The van der Waals surface area contributed by atoms with E-state index in [0.717, 1.165) is 22.5 Å². The number of rotatable bonds is 9. The van der Waals surface area contributed by atoms with Crippen molar-refractivity contribution in [2.75, 3.05) is 43.5 Å². The highest BCUT2D eigenvalue weighted by atomic mass is 32.2. The van der Waals surface area contributed by atoms with Crippen LogP contribution in [0.4, 0.5) is 17.3 Å². The van der Waals surface area contributed by atoms with Crippen LogP contribution in [-0.2, 0) is 14.3 Å². The van der Waals surface area contributed by atoms with Crippen molar-refractivity contribution in [1.29, 1.82) is 0 Å². The molecule has 4 N–H and O–H groups in total. The molecule has 6 rings (SSSR count). The van der Waals surface area contributed by atoms with E-state index in [1.165, 1.54) is 11.8 Å². The van der Waals surface area contributed by atoms with Gasteiger partial charge < -0.3 is 25.2 Å². The van der Waals surface area contributed by atoms with Crippen molar-refractivity contribution >= 4 is 40.5 Å². The van der Waals surface area contributed by atoms with Gasteiger partial charge in [0, 0.05) is 48.2 Å². The lowest BCUT2D eigenvalue weighted by Crippen LogP contribution is -2.33. The Morgan fingerprint density at radius 2 is 2.15 bits per heavy atom. The molecule has 2 aliphatic heterocycles. The second-order valence-corrected chi connectivity index (χ2v) is 10.8. The largest absolute Gasteiger partial charge is 0.389 e. The molecule has 13 heteroatoms. The number of likely N-dealkylation sites (tertiary alicyclic amines) is 1. The number of ether oxygens (including phenoxy) is 2. The third kappa shape index (κ3) is 6.23. The van der Waals surface area contributed by atoms with Crippen molar-refractivity contribution in [2.45, 2.75) is 41.7 Å². The molecule has 2 aliphatic rings. The van der Waals surface area contributed by atoms with Crippen LogP contribution in [0.3, 0.4) is 0 Å². The molecule has 1 aromatic carbocycles. The number of carbonyl (C=O) groups is 1. The van der Waals surface area contributed by atoms with Crippen molar-refractivity contribution in [3.05, 3.63) is 54.4 Å². The first-order valence-corrected chi connectivity index (χ1v) is 13.7. The molecule has 12 nitrogen and oxygen atoms in total. The quantitative estimate of drug-likeness (QED) is 0.245. The Morgan fingerprint density at radius 3 is 2.92 bits per heavy atom. The molecule has 3 aromatic heterocycles. The maximum Gasteiger partial charge on any atom is 0.238 e. The number of aromatic nitrogens is 5. The SMILES string of the molecule is Cc1cc(Nc2nc(Sc3ccc(NC(=O)CN4C[C@H](OC5CCOC5)[C@@H](O)C4)cc3)nn3cccc23)n[nH]1. The fraction of sp³-hybridized carbons (Fsp3) is 0.385. The van der Waals surface area contributed by atoms with Gasteiger partial charge in [0.1, 0.15) is 5.52 Å². The minimum absolute atomic E-state index is 0.0219. The van der Waals surface area contributed by atoms with Gasteiger partial charge in [0.2, 0.25) is 11.1 Å². The number of H-pyrrole nitrogens is 1. The van der Waals surface area contributed by atoms with Gasteiger partial charge >= 0.3 is 0 Å². The van der Waals surface area contributed by atoms with Crippen LogP contribution in [0, 0.1) is 6.92 Å². The molecule has 1 amide bonds. The van der Waals surface area contributed by atoms with Gasteiger partial charge in [-0.2, -0.15) is 5.10 Å². The van der Waals surface area contributed by atoms with E-state index in [1.54, 1.807) is 4.52 Å². The molecule has 0 radical (unpaired) electrons. The number of amides is 1. The molecule has 0 spiro atoms. The molecular weight excluding hydrogens is 520 g/mol. The first-order valence-electron chi connectivity index (χ1n) is 12.8. The highest BCUT2D eigenvalue weighted by Gasteiger charge is 2.35. The van der Waals surface area contributed by atoms with Gasteiger partial charge in [0.05, 0.1) is 31.5 Å². The second-order valence-electron chi connectivity index (χ2n) is 9.74. The number of β-amino-alcohol motifs (C(OH)–C–C–N with tert-alkyl or cyclic N) is 1. The zero-order valence-corrected chi connectivity index (χ0v) is 22.2. The molecule has 0 saturated carbocycles. The summed E-state index contributed by atoms with van der Waals surface area (Å²) in [5, 5.41) is 28.9. The van der Waals surface area contributed by atoms with Crippen molar-refractivity contribution in [1.82, 2.24) is 29.7 Å². The van der Waals surface area contributed by atoms with Gasteiger partial charge in [0.25, 0.3) is 0 Å². The van der Waals surface area contributed by atoms with Gasteiger partial charge in [-0.25, -0.2) is 9.50 Å². The average molecular weight is 551 g/mol. The minimum Gasteiger partial charge on any atom is -0.389 e. The van der Waals surface area contributed by atoms with Crippen molar-refractivity contribution in [3.8, 4) is 0 Å². The molecule has 4 aromatic rings. The second kappa shape index (κ2) is 11.3. The molecular formula is C26H30N8O4S. The number of nitrogens with zero attached hydrogens (tertiary/aromatic N) is 5. The maximum atomic E-state index is 12.7. The lowest BCUT2D eigenvalue weighted by Gasteiger charge is -2.19. The number of fused-ring (bicyclic) bond motifs is 1. The predicted molar refractivity (Wildman–Crippen MR) is 145 cm³/mol.